The highest BCUT2D eigenvalue weighted by molar-refractivity contribution is 5.57. The summed E-state index contributed by atoms with van der Waals surface area (Å²) in [6.45, 7) is 0. The van der Waals surface area contributed by atoms with Crippen LogP contribution in [0.5, 0.6) is 0 Å². The van der Waals surface area contributed by atoms with E-state index in [1.807, 2.05) is 0 Å². The molecule has 0 unspecified atom stereocenters. The minimum absolute atomic E-state index is 0.0336. The third-order valence-electron chi connectivity index (χ3n) is 2.56. The van der Waals surface area contributed by atoms with E-state index in [9.17, 15) is 10.1 Å². The number of nitrogens with one attached hydrogen (secondary N) is 1. The van der Waals surface area contributed by atoms with Crippen LogP contribution >= 0.6 is 0 Å². The molecule has 0 bridgehead atoms. The molecule has 0 saturated carbocycles. The van der Waals surface area contributed by atoms with E-state index in [2.05, 4.69) is 25.8 Å². The molecule has 106 valence electrons. The van der Waals surface area contributed by atoms with Crippen LogP contribution in [-0.2, 0) is 7.05 Å². The lowest BCUT2D eigenvalue weighted by molar-refractivity contribution is -0.384. The van der Waals surface area contributed by atoms with Gasteiger partial charge in [0.25, 0.3) is 11.6 Å². The zero-order valence-corrected chi connectivity index (χ0v) is 10.8. The summed E-state index contributed by atoms with van der Waals surface area (Å²) >= 11 is 0. The Labute approximate surface area is 117 Å². The van der Waals surface area contributed by atoms with E-state index in [0.29, 0.717) is 11.4 Å². The van der Waals surface area contributed by atoms with Crippen LogP contribution in [0.15, 0.2) is 34.9 Å². The van der Waals surface area contributed by atoms with Crippen LogP contribution in [0.2, 0.25) is 0 Å². The van der Waals surface area contributed by atoms with Crippen molar-refractivity contribution in [1.29, 1.82) is 0 Å². The van der Waals surface area contributed by atoms with E-state index >= 15 is 0 Å². The fourth-order valence-electron chi connectivity index (χ4n) is 1.64. The largest absolute Gasteiger partial charge is 0.401 e. The Balaban J connectivity index is 1.81. The van der Waals surface area contributed by atoms with E-state index in [1.165, 1.54) is 16.8 Å². The molecule has 0 aliphatic rings. The van der Waals surface area contributed by atoms with Crippen molar-refractivity contribution in [3.8, 4) is 11.6 Å². The van der Waals surface area contributed by atoms with Crippen LogP contribution < -0.4 is 5.32 Å². The number of nitro benzene ring substituents is 1. The monoisotopic (exact) mass is 287 g/mol. The Bertz CT molecular complexity index is 794. The quantitative estimate of drug-likeness (QED) is 0.565. The molecule has 0 spiro atoms. The molecule has 0 atom stereocenters. The summed E-state index contributed by atoms with van der Waals surface area (Å²) in [6, 6.07) is 6.08. The van der Waals surface area contributed by atoms with Gasteiger partial charge in [-0.2, -0.15) is 0 Å². The molecule has 1 N–H and O–H groups in total. The summed E-state index contributed by atoms with van der Waals surface area (Å²) in [7, 11) is 1.72. The topological polar surface area (TPSA) is 125 Å². The second-order valence-corrected chi connectivity index (χ2v) is 4.12. The molecule has 21 heavy (non-hydrogen) atoms. The van der Waals surface area contributed by atoms with Crippen LogP contribution in [0.25, 0.3) is 11.6 Å². The van der Waals surface area contributed by atoms with Gasteiger partial charge in [0.1, 0.15) is 0 Å². The highest BCUT2D eigenvalue weighted by Gasteiger charge is 2.13. The first-order valence-electron chi connectivity index (χ1n) is 5.83. The van der Waals surface area contributed by atoms with Gasteiger partial charge in [-0.15, -0.1) is 10.2 Å². The average molecular weight is 287 g/mol. The van der Waals surface area contributed by atoms with Gasteiger partial charge in [-0.25, -0.2) is 0 Å². The number of benzene rings is 1. The van der Waals surface area contributed by atoms with Gasteiger partial charge in [-0.05, 0) is 6.07 Å². The number of non-ortho nitro benzene ring substituents is 1. The number of hydrogen-bond donors (Lipinski definition) is 1. The number of aromatic nitrogens is 5. The highest BCUT2D eigenvalue weighted by atomic mass is 16.6. The number of hydrogen-bond acceptors (Lipinski definition) is 8. The number of aryl methyl sites for hydroxylation is 1. The lowest BCUT2D eigenvalue weighted by Gasteiger charge is -1.99. The zero-order valence-electron chi connectivity index (χ0n) is 10.8. The van der Waals surface area contributed by atoms with Crippen LogP contribution in [0, 0.1) is 10.1 Å². The fraction of sp³-hybridized carbons (Fsp3) is 0.0909. The molecule has 10 heteroatoms. The van der Waals surface area contributed by atoms with Crippen molar-refractivity contribution < 1.29 is 9.34 Å². The summed E-state index contributed by atoms with van der Waals surface area (Å²) < 4.78 is 6.88. The lowest BCUT2D eigenvalue weighted by atomic mass is 10.3. The Hall–Kier alpha value is -3.30. The number of anilines is 2. The maximum atomic E-state index is 10.7. The Morgan fingerprint density at radius 1 is 1.33 bits per heavy atom. The minimum Gasteiger partial charge on any atom is -0.401 e. The first-order valence-corrected chi connectivity index (χ1v) is 5.83. The first kappa shape index (κ1) is 12.7. The van der Waals surface area contributed by atoms with Gasteiger partial charge in [0.05, 0.1) is 11.1 Å². The van der Waals surface area contributed by atoms with E-state index in [-0.39, 0.29) is 17.6 Å². The van der Waals surface area contributed by atoms with Crippen molar-refractivity contribution >= 4 is 17.4 Å². The average Bonchev–Trinajstić information content (AvgIpc) is 3.08. The Morgan fingerprint density at radius 3 is 2.90 bits per heavy atom. The zero-order chi connectivity index (χ0) is 14.8. The summed E-state index contributed by atoms with van der Waals surface area (Å²) in [4.78, 5) is 10.2. The van der Waals surface area contributed by atoms with Crippen molar-refractivity contribution in [3.63, 3.8) is 0 Å². The maximum absolute atomic E-state index is 10.7. The molecule has 3 rings (SSSR count). The predicted molar refractivity (Wildman–Crippen MR) is 70.7 cm³/mol. The van der Waals surface area contributed by atoms with E-state index < -0.39 is 4.92 Å². The third-order valence-corrected chi connectivity index (χ3v) is 2.56. The molecule has 2 heterocycles. The minimum atomic E-state index is -0.482. The molecule has 0 aliphatic heterocycles. The van der Waals surface area contributed by atoms with E-state index in [4.69, 9.17) is 4.42 Å². The van der Waals surface area contributed by atoms with Gasteiger partial charge >= 0.3 is 6.01 Å². The van der Waals surface area contributed by atoms with Crippen molar-refractivity contribution in [1.82, 2.24) is 25.2 Å². The van der Waals surface area contributed by atoms with Gasteiger partial charge in [0, 0.05) is 24.9 Å². The van der Waals surface area contributed by atoms with Crippen molar-refractivity contribution in [2.24, 2.45) is 7.05 Å². The standard InChI is InChI=1S/C11H9N7O3/c1-17-6-9(13-16-17)10-14-15-11(21-10)12-7-3-2-4-8(5-7)18(19)20/h2-6H,1H3,(H,12,15). The lowest BCUT2D eigenvalue weighted by Crippen LogP contribution is -1.93. The number of rotatable bonds is 4. The number of nitrogens with zero attached hydrogens (tertiary/aromatic N) is 6. The summed E-state index contributed by atoms with van der Waals surface area (Å²) in [6.07, 6.45) is 1.63. The second-order valence-electron chi connectivity index (χ2n) is 4.12. The molecule has 2 aromatic heterocycles. The molecule has 1 aromatic carbocycles. The van der Waals surface area contributed by atoms with Gasteiger partial charge in [-0.1, -0.05) is 16.4 Å². The Morgan fingerprint density at radius 2 is 2.19 bits per heavy atom. The van der Waals surface area contributed by atoms with E-state index in [1.54, 1.807) is 25.4 Å². The van der Waals surface area contributed by atoms with Gasteiger partial charge in [0.15, 0.2) is 5.69 Å². The smallest absolute Gasteiger partial charge is 0.320 e. The Kier molecular flexibility index (Phi) is 3.03. The molecule has 10 nitrogen and oxygen atoms in total. The molecule has 0 fully saturated rings. The van der Waals surface area contributed by atoms with Crippen LogP contribution in [-0.4, -0.2) is 30.1 Å². The molecule has 3 aromatic rings. The van der Waals surface area contributed by atoms with Gasteiger partial charge in [-0.3, -0.25) is 14.8 Å². The highest BCUT2D eigenvalue weighted by Crippen LogP contribution is 2.22. The summed E-state index contributed by atoms with van der Waals surface area (Å²) in [5.41, 5.74) is 0.879. The summed E-state index contributed by atoms with van der Waals surface area (Å²) in [5.74, 6) is 0.205. The van der Waals surface area contributed by atoms with Crippen LogP contribution in [0.3, 0.4) is 0 Å². The molecule has 0 aliphatic carbocycles. The molecule has 0 amide bonds. The van der Waals surface area contributed by atoms with Crippen LogP contribution in [0.1, 0.15) is 0 Å². The van der Waals surface area contributed by atoms with Crippen molar-refractivity contribution in [2.45, 2.75) is 0 Å². The van der Waals surface area contributed by atoms with Gasteiger partial charge < -0.3 is 9.73 Å². The van der Waals surface area contributed by atoms with Crippen molar-refractivity contribution in [3.05, 3.63) is 40.6 Å². The second kappa shape index (κ2) is 5.00. The van der Waals surface area contributed by atoms with Crippen molar-refractivity contribution in [2.75, 3.05) is 5.32 Å². The molecular weight excluding hydrogens is 278 g/mol. The normalized spacial score (nSPS) is 10.5. The summed E-state index contributed by atoms with van der Waals surface area (Å²) in [5, 5.41) is 28.7. The SMILES string of the molecule is Cn1cc(-c2nnc(Nc3cccc([N+](=O)[O-])c3)o2)nn1. The maximum Gasteiger partial charge on any atom is 0.320 e. The van der Waals surface area contributed by atoms with E-state index in [0.717, 1.165) is 0 Å². The molecule has 0 radical (unpaired) electrons. The van der Waals surface area contributed by atoms with Crippen LogP contribution in [0.4, 0.5) is 17.4 Å². The molecule has 0 saturated heterocycles. The fourth-order valence-corrected chi connectivity index (χ4v) is 1.64. The molecular formula is C11H9N7O3. The first-order chi connectivity index (χ1) is 10.1. The third kappa shape index (κ3) is 2.68. The predicted octanol–water partition coefficient (Wildman–Crippen LogP) is 1.52. The van der Waals surface area contributed by atoms with Gasteiger partial charge in [0.2, 0.25) is 0 Å². The number of nitro groups is 1.